The van der Waals surface area contributed by atoms with Crippen LogP contribution >= 0.6 is 0 Å². The van der Waals surface area contributed by atoms with Crippen LogP contribution in [0.15, 0.2) is 0 Å². The van der Waals surface area contributed by atoms with Gasteiger partial charge in [0.15, 0.2) is 0 Å². The van der Waals surface area contributed by atoms with Crippen LogP contribution < -0.4 is 5.32 Å². The van der Waals surface area contributed by atoms with Gasteiger partial charge in [0.1, 0.15) is 20.6 Å². The molecule has 0 unspecified atom stereocenters. The summed E-state index contributed by atoms with van der Waals surface area (Å²) in [5.41, 5.74) is 0. The fourth-order valence-electron chi connectivity index (χ4n) is 1.17. The number of hydrogen-bond acceptors (Lipinski definition) is 3. The number of likely N-dealkylation sites (N-methyl/N-ethyl adjacent to an activating group) is 1. The van der Waals surface area contributed by atoms with Gasteiger partial charge in [0.05, 0.1) is 0 Å². The predicted octanol–water partition coefficient (Wildman–Crippen LogP) is -1.10. The van der Waals surface area contributed by atoms with Crippen LogP contribution in [-0.4, -0.2) is 67.5 Å². The summed E-state index contributed by atoms with van der Waals surface area (Å²) in [5, 5.41) is 13.5. The first-order chi connectivity index (χ1) is 6.00. The monoisotopic (exact) mass is 187 g/mol. The highest BCUT2D eigenvalue weighted by Crippen LogP contribution is 1.98. The van der Waals surface area contributed by atoms with Gasteiger partial charge < -0.3 is 0 Å². The second-order valence-corrected chi connectivity index (χ2v) is 3.74. The average molecular weight is 187 g/mol. The third-order valence-electron chi connectivity index (χ3n) is 2.12. The molecule has 0 saturated carbocycles. The number of carbonyl (C=O) groups is 1. The highest BCUT2D eigenvalue weighted by molar-refractivity contribution is 5.70. The van der Waals surface area contributed by atoms with Gasteiger partial charge in [-0.2, -0.15) is 0 Å². The largest absolute Gasteiger partial charge is 0.359 e. The van der Waals surface area contributed by atoms with Crippen molar-refractivity contribution in [1.29, 1.82) is 0 Å². The molecular weight excluding hydrogens is 170 g/mol. The Hall–Kier alpha value is -0.490. The minimum atomic E-state index is -0.590. The second kappa shape index (κ2) is 4.15. The van der Waals surface area contributed by atoms with Gasteiger partial charge in [0.2, 0.25) is 0 Å². The molecule has 1 saturated heterocycles. The molecule has 0 aromatic carbocycles. The lowest BCUT2D eigenvalue weighted by Crippen LogP contribution is -2.51. The lowest BCUT2D eigenvalue weighted by molar-refractivity contribution is -1.01. The summed E-state index contributed by atoms with van der Waals surface area (Å²) in [4.78, 5) is 13.4. The molecule has 0 atom stereocenters. The molecule has 1 rings (SSSR count). The SMILES string of the molecule is C[N+](C)(O)C(=O)CN1CC[N]CC1. The van der Waals surface area contributed by atoms with Gasteiger partial charge in [0.25, 0.3) is 0 Å². The summed E-state index contributed by atoms with van der Waals surface area (Å²) in [5.74, 6) is -0.179. The Morgan fingerprint density at radius 1 is 1.46 bits per heavy atom. The van der Waals surface area contributed by atoms with Crippen LogP contribution in [0.25, 0.3) is 0 Å². The zero-order valence-electron chi connectivity index (χ0n) is 8.23. The summed E-state index contributed by atoms with van der Waals surface area (Å²) < 4.78 is -0.590. The van der Waals surface area contributed by atoms with Gasteiger partial charge in [-0.3, -0.25) is 4.90 Å². The van der Waals surface area contributed by atoms with E-state index < -0.39 is 4.65 Å². The molecule has 1 amide bonds. The maximum atomic E-state index is 11.4. The van der Waals surface area contributed by atoms with Gasteiger partial charge in [-0.05, 0) is 0 Å². The van der Waals surface area contributed by atoms with Crippen molar-refractivity contribution in [3.63, 3.8) is 0 Å². The first-order valence-corrected chi connectivity index (χ1v) is 4.46. The maximum Gasteiger partial charge on any atom is 0.359 e. The number of quaternary nitrogens is 1. The minimum absolute atomic E-state index is 0.179. The normalized spacial score (nSPS) is 20.2. The Labute approximate surface area is 78.5 Å². The Kier molecular flexibility index (Phi) is 3.38. The van der Waals surface area contributed by atoms with Crippen LogP contribution in [0.5, 0.6) is 0 Å². The molecule has 75 valence electrons. The molecular formula is C8H17N3O2+. The average Bonchev–Trinajstić information content (AvgIpc) is 2.04. The van der Waals surface area contributed by atoms with E-state index in [9.17, 15) is 10.0 Å². The van der Waals surface area contributed by atoms with E-state index in [-0.39, 0.29) is 5.91 Å². The van der Waals surface area contributed by atoms with E-state index in [2.05, 4.69) is 5.32 Å². The van der Waals surface area contributed by atoms with Crippen LogP contribution in [0, 0.1) is 0 Å². The third-order valence-corrected chi connectivity index (χ3v) is 2.12. The fraction of sp³-hybridized carbons (Fsp3) is 0.875. The topological polar surface area (TPSA) is 54.6 Å². The highest BCUT2D eigenvalue weighted by Gasteiger charge is 2.27. The van der Waals surface area contributed by atoms with E-state index in [1.165, 1.54) is 14.1 Å². The quantitative estimate of drug-likeness (QED) is 0.339. The molecule has 1 heterocycles. The van der Waals surface area contributed by atoms with Gasteiger partial charge in [0, 0.05) is 26.2 Å². The van der Waals surface area contributed by atoms with Crippen molar-refractivity contribution in [2.45, 2.75) is 0 Å². The first-order valence-electron chi connectivity index (χ1n) is 4.46. The number of carbonyl (C=O) groups excluding carboxylic acids is 1. The van der Waals surface area contributed by atoms with Gasteiger partial charge in [-0.1, -0.05) is 0 Å². The maximum absolute atomic E-state index is 11.4. The smallest absolute Gasteiger partial charge is 0.288 e. The zero-order valence-corrected chi connectivity index (χ0v) is 8.23. The molecule has 1 radical (unpaired) electrons. The predicted molar refractivity (Wildman–Crippen MR) is 47.2 cm³/mol. The number of nitrogens with zero attached hydrogens (tertiary/aromatic N) is 3. The lowest BCUT2D eigenvalue weighted by Gasteiger charge is -2.27. The Bertz CT molecular complexity index is 182. The van der Waals surface area contributed by atoms with Crippen molar-refractivity contribution in [3.8, 4) is 0 Å². The van der Waals surface area contributed by atoms with Gasteiger partial charge >= 0.3 is 5.91 Å². The van der Waals surface area contributed by atoms with Crippen molar-refractivity contribution < 1.29 is 14.6 Å². The molecule has 0 aliphatic carbocycles. The van der Waals surface area contributed by atoms with E-state index in [1.54, 1.807) is 0 Å². The van der Waals surface area contributed by atoms with Crippen LogP contribution in [-0.2, 0) is 4.79 Å². The van der Waals surface area contributed by atoms with Crippen molar-refractivity contribution in [2.24, 2.45) is 0 Å². The van der Waals surface area contributed by atoms with E-state index >= 15 is 0 Å². The molecule has 1 aliphatic rings. The Morgan fingerprint density at radius 2 is 2.00 bits per heavy atom. The number of hydroxylamine groups is 3. The second-order valence-electron chi connectivity index (χ2n) is 3.74. The highest BCUT2D eigenvalue weighted by atomic mass is 16.6. The van der Waals surface area contributed by atoms with Crippen LogP contribution in [0.1, 0.15) is 0 Å². The lowest BCUT2D eigenvalue weighted by atomic mass is 10.3. The molecule has 1 N–H and O–H groups in total. The molecule has 0 bridgehead atoms. The van der Waals surface area contributed by atoms with Gasteiger partial charge in [-0.15, -0.1) is 4.65 Å². The van der Waals surface area contributed by atoms with Crippen LogP contribution in [0.3, 0.4) is 0 Å². The number of amides is 1. The summed E-state index contributed by atoms with van der Waals surface area (Å²) in [6.45, 7) is 3.56. The molecule has 0 spiro atoms. The number of piperazine rings is 1. The van der Waals surface area contributed by atoms with Crippen molar-refractivity contribution in [3.05, 3.63) is 0 Å². The molecule has 0 aromatic rings. The fourth-order valence-corrected chi connectivity index (χ4v) is 1.17. The number of rotatable bonds is 2. The van der Waals surface area contributed by atoms with E-state index in [1.807, 2.05) is 4.90 Å². The van der Waals surface area contributed by atoms with E-state index in [4.69, 9.17) is 0 Å². The third kappa shape index (κ3) is 3.40. The van der Waals surface area contributed by atoms with Crippen molar-refractivity contribution >= 4 is 5.91 Å². The minimum Gasteiger partial charge on any atom is -0.288 e. The van der Waals surface area contributed by atoms with E-state index in [0.717, 1.165) is 26.2 Å². The van der Waals surface area contributed by atoms with E-state index in [0.29, 0.717) is 6.54 Å². The van der Waals surface area contributed by atoms with Crippen molar-refractivity contribution in [2.75, 3.05) is 46.8 Å². The van der Waals surface area contributed by atoms with Crippen molar-refractivity contribution in [1.82, 2.24) is 10.2 Å². The summed E-state index contributed by atoms with van der Waals surface area (Å²) in [7, 11) is 2.94. The molecule has 5 heteroatoms. The molecule has 5 nitrogen and oxygen atoms in total. The van der Waals surface area contributed by atoms with Gasteiger partial charge in [-0.25, -0.2) is 15.3 Å². The molecule has 13 heavy (non-hydrogen) atoms. The molecule has 1 aliphatic heterocycles. The standard InChI is InChI=1S/C8H17N3O2/c1-11(2,13)8(12)7-10-5-3-9-4-6-10/h13H,3-7H2,1-2H3/q+1. The Morgan fingerprint density at radius 3 is 2.46 bits per heavy atom. The summed E-state index contributed by atoms with van der Waals surface area (Å²) >= 11 is 0. The Balaban J connectivity index is 2.35. The number of hydrogen-bond donors (Lipinski definition) is 1. The van der Waals surface area contributed by atoms with Crippen LogP contribution in [0.4, 0.5) is 0 Å². The summed E-state index contributed by atoms with van der Waals surface area (Å²) in [6.07, 6.45) is 0. The molecule has 0 aromatic heterocycles. The first kappa shape index (κ1) is 10.6. The zero-order chi connectivity index (χ0) is 9.90. The summed E-state index contributed by atoms with van der Waals surface area (Å²) in [6, 6.07) is 0. The molecule has 1 fully saturated rings. The van der Waals surface area contributed by atoms with Crippen LogP contribution in [0.2, 0.25) is 0 Å².